The summed E-state index contributed by atoms with van der Waals surface area (Å²) >= 11 is 0. The Kier molecular flexibility index (Phi) is 10.2. The fourth-order valence-corrected chi connectivity index (χ4v) is 6.34. The number of imidazole rings is 1. The maximum atomic E-state index is 13.7. The van der Waals surface area contributed by atoms with Crippen molar-refractivity contribution in [3.63, 3.8) is 0 Å². The number of aryl methyl sites for hydroxylation is 2. The van der Waals surface area contributed by atoms with Crippen LogP contribution in [0.3, 0.4) is 0 Å². The van der Waals surface area contributed by atoms with Crippen LogP contribution in [0.5, 0.6) is 11.5 Å². The van der Waals surface area contributed by atoms with Crippen LogP contribution in [-0.4, -0.2) is 56.8 Å². The lowest BCUT2D eigenvalue weighted by molar-refractivity contribution is 0.0997. The highest BCUT2D eigenvalue weighted by Crippen LogP contribution is 2.34. The molecule has 3 aromatic heterocycles. The molecular weight excluding hydrogens is 686 g/mol. The van der Waals surface area contributed by atoms with Crippen molar-refractivity contribution in [1.82, 2.24) is 24.2 Å². The Labute approximate surface area is 310 Å². The van der Waals surface area contributed by atoms with Crippen LogP contribution in [0.1, 0.15) is 37.7 Å². The molecule has 0 aliphatic rings. The van der Waals surface area contributed by atoms with Crippen LogP contribution in [0, 0.1) is 0 Å². The summed E-state index contributed by atoms with van der Waals surface area (Å²) in [6, 6.07) is 24.8. The molecule has 0 unspecified atom stereocenters. The van der Waals surface area contributed by atoms with Crippen LogP contribution in [-0.2, 0) is 33.6 Å². The summed E-state index contributed by atoms with van der Waals surface area (Å²) in [6.45, 7) is 2.26. The van der Waals surface area contributed by atoms with E-state index in [1.807, 2.05) is 66.3 Å². The van der Waals surface area contributed by atoms with Gasteiger partial charge in [0.05, 0.1) is 54.6 Å². The van der Waals surface area contributed by atoms with E-state index in [0.29, 0.717) is 22.6 Å². The molecule has 13 heteroatoms. The van der Waals surface area contributed by atoms with Gasteiger partial charge in [0.25, 0.3) is 11.8 Å². The molecule has 274 valence electrons. The van der Waals surface area contributed by atoms with Gasteiger partial charge in [-0.15, -0.1) is 0 Å². The second-order valence-corrected chi connectivity index (χ2v) is 12.9. The summed E-state index contributed by atoms with van der Waals surface area (Å²) in [4.78, 5) is 46.4. The fourth-order valence-electron chi connectivity index (χ4n) is 6.34. The van der Waals surface area contributed by atoms with Gasteiger partial charge in [-0.1, -0.05) is 36.4 Å². The van der Waals surface area contributed by atoms with Gasteiger partial charge in [-0.2, -0.15) is 5.10 Å². The first-order valence-electron chi connectivity index (χ1n) is 17.3. The number of aromatic nitrogens is 4. The topological polar surface area (TPSA) is 146 Å². The number of nitrogens with zero attached hydrogens (tertiary/aromatic N) is 5. The number of rotatable bonds is 13. The SMILES string of the molecule is COc1cc(NC(=O)c2cc(=O)c3ccccc3o2)c(C(=O)Nc2ccc(CCN(Cc3ccc4cnn(C)c4c3)Cc3cncn3C)cc2)cc1OC. The number of hydrogen-bond acceptors (Lipinski definition) is 9. The van der Waals surface area contributed by atoms with Crippen molar-refractivity contribution < 1.29 is 23.5 Å². The predicted octanol–water partition coefficient (Wildman–Crippen LogP) is 6.18. The van der Waals surface area contributed by atoms with E-state index in [2.05, 4.69) is 43.8 Å². The van der Waals surface area contributed by atoms with E-state index in [1.54, 1.807) is 24.3 Å². The molecular formula is C41H39N7O6. The van der Waals surface area contributed by atoms with Gasteiger partial charge >= 0.3 is 0 Å². The third-order valence-corrected chi connectivity index (χ3v) is 9.33. The number of anilines is 2. The highest BCUT2D eigenvalue weighted by molar-refractivity contribution is 6.12. The van der Waals surface area contributed by atoms with Crippen molar-refractivity contribution in [2.24, 2.45) is 14.1 Å². The van der Waals surface area contributed by atoms with E-state index in [1.165, 1.54) is 31.9 Å². The molecule has 0 aliphatic heterocycles. The van der Waals surface area contributed by atoms with E-state index < -0.39 is 11.8 Å². The summed E-state index contributed by atoms with van der Waals surface area (Å²) in [5.41, 5.74) is 5.22. The van der Waals surface area contributed by atoms with E-state index in [4.69, 9.17) is 13.9 Å². The Bertz CT molecular complexity index is 2540. The molecule has 3 heterocycles. The first kappa shape index (κ1) is 35.7. The fraction of sp³-hybridized carbons (Fsp3) is 0.195. The number of ether oxygens (including phenoxy) is 2. The molecule has 2 N–H and O–H groups in total. The molecule has 7 rings (SSSR count). The molecule has 0 bridgehead atoms. The second-order valence-electron chi connectivity index (χ2n) is 12.9. The lowest BCUT2D eigenvalue weighted by Gasteiger charge is -2.23. The zero-order valence-corrected chi connectivity index (χ0v) is 30.3. The van der Waals surface area contributed by atoms with Crippen molar-refractivity contribution in [2.75, 3.05) is 31.4 Å². The number of carbonyl (C=O) groups excluding carboxylic acids is 2. The summed E-state index contributed by atoms with van der Waals surface area (Å²) in [7, 11) is 6.85. The van der Waals surface area contributed by atoms with Crippen LogP contribution < -0.4 is 25.5 Å². The molecule has 0 fully saturated rings. The van der Waals surface area contributed by atoms with E-state index in [9.17, 15) is 14.4 Å². The van der Waals surface area contributed by atoms with Crippen LogP contribution in [0.4, 0.5) is 11.4 Å². The quantitative estimate of drug-likeness (QED) is 0.142. The summed E-state index contributed by atoms with van der Waals surface area (Å²) < 4.78 is 20.5. The van der Waals surface area contributed by atoms with E-state index in [0.717, 1.165) is 54.3 Å². The van der Waals surface area contributed by atoms with Gasteiger partial charge in [-0.3, -0.25) is 24.0 Å². The third kappa shape index (κ3) is 7.71. The van der Waals surface area contributed by atoms with Crippen molar-refractivity contribution in [2.45, 2.75) is 19.5 Å². The van der Waals surface area contributed by atoms with Crippen molar-refractivity contribution in [3.8, 4) is 11.5 Å². The Morgan fingerprint density at radius 2 is 1.59 bits per heavy atom. The predicted molar refractivity (Wildman–Crippen MR) is 206 cm³/mol. The second kappa shape index (κ2) is 15.5. The number of fused-ring (bicyclic) bond motifs is 2. The molecule has 0 aliphatic carbocycles. The maximum absolute atomic E-state index is 13.7. The number of para-hydroxylation sites is 1. The zero-order valence-electron chi connectivity index (χ0n) is 30.3. The molecule has 13 nitrogen and oxygen atoms in total. The normalized spacial score (nSPS) is 11.3. The van der Waals surface area contributed by atoms with Gasteiger partial charge in [0.15, 0.2) is 22.7 Å². The number of hydrogen-bond donors (Lipinski definition) is 2. The number of nitrogens with one attached hydrogen (secondary N) is 2. The number of methoxy groups -OCH3 is 2. The Morgan fingerprint density at radius 3 is 2.35 bits per heavy atom. The number of benzene rings is 4. The average molecular weight is 726 g/mol. The molecule has 0 spiro atoms. The van der Waals surface area contributed by atoms with E-state index in [-0.39, 0.29) is 28.0 Å². The minimum absolute atomic E-state index is 0.114. The van der Waals surface area contributed by atoms with Gasteiger partial charge in [0, 0.05) is 63.1 Å². The van der Waals surface area contributed by atoms with Crippen LogP contribution in [0.15, 0.2) is 113 Å². The highest BCUT2D eigenvalue weighted by Gasteiger charge is 2.21. The molecule has 0 saturated heterocycles. The zero-order chi connectivity index (χ0) is 37.8. The molecule has 4 aromatic carbocycles. The summed E-state index contributed by atoms with van der Waals surface area (Å²) in [5.74, 6) is -0.818. The molecule has 54 heavy (non-hydrogen) atoms. The van der Waals surface area contributed by atoms with Crippen LogP contribution >= 0.6 is 0 Å². The lowest BCUT2D eigenvalue weighted by Crippen LogP contribution is -2.26. The van der Waals surface area contributed by atoms with Gasteiger partial charge < -0.3 is 29.1 Å². The lowest BCUT2D eigenvalue weighted by atomic mass is 10.1. The van der Waals surface area contributed by atoms with Crippen LogP contribution in [0.25, 0.3) is 21.9 Å². The minimum atomic E-state index is -0.710. The van der Waals surface area contributed by atoms with Crippen LogP contribution in [0.2, 0.25) is 0 Å². The van der Waals surface area contributed by atoms with Gasteiger partial charge in [0.2, 0.25) is 0 Å². The Hall–Kier alpha value is -6.73. The molecule has 0 atom stereocenters. The van der Waals surface area contributed by atoms with Crippen molar-refractivity contribution in [1.29, 1.82) is 0 Å². The number of carbonyl (C=O) groups is 2. The van der Waals surface area contributed by atoms with E-state index >= 15 is 0 Å². The standard InChI is InChI=1S/C41H39N7O6/c1-46-25-42-22-30(46)24-48(23-27-9-12-28-21-43-47(2)34(28)17-27)16-15-26-10-13-29(14-11-26)44-40(50)32-18-37(52-3)38(53-4)19-33(32)45-41(51)39-20-35(49)31-7-5-6-8-36(31)54-39/h5-14,17-22,25H,15-16,23-24H2,1-4H3,(H,44,50)(H,45,51). The summed E-state index contributed by atoms with van der Waals surface area (Å²) in [5, 5.41) is 11.5. The van der Waals surface area contributed by atoms with Gasteiger partial charge in [-0.05, 0) is 53.9 Å². The Balaban J connectivity index is 1.06. The smallest absolute Gasteiger partial charge is 0.291 e. The molecule has 7 aromatic rings. The molecule has 0 saturated carbocycles. The largest absolute Gasteiger partial charge is 0.493 e. The van der Waals surface area contributed by atoms with Crippen molar-refractivity contribution >= 4 is 45.1 Å². The maximum Gasteiger partial charge on any atom is 0.291 e. The molecule has 0 radical (unpaired) electrons. The first-order chi connectivity index (χ1) is 26.2. The van der Waals surface area contributed by atoms with Gasteiger partial charge in [-0.25, -0.2) is 4.98 Å². The first-order valence-corrected chi connectivity index (χ1v) is 17.3. The number of amides is 2. The summed E-state index contributed by atoms with van der Waals surface area (Å²) in [6.07, 6.45) is 6.35. The van der Waals surface area contributed by atoms with Gasteiger partial charge in [0.1, 0.15) is 5.58 Å². The minimum Gasteiger partial charge on any atom is -0.493 e. The Morgan fingerprint density at radius 1 is 0.833 bits per heavy atom. The third-order valence-electron chi connectivity index (χ3n) is 9.33. The monoisotopic (exact) mass is 725 g/mol. The highest BCUT2D eigenvalue weighted by atomic mass is 16.5. The average Bonchev–Trinajstić information content (AvgIpc) is 3.77. The molecule has 2 amide bonds. The van der Waals surface area contributed by atoms with Crippen molar-refractivity contribution in [3.05, 3.63) is 142 Å².